The first-order valence-electron chi connectivity index (χ1n) is 7.51. The van der Waals surface area contributed by atoms with Crippen LogP contribution in [0, 0.1) is 0 Å². The topological polar surface area (TPSA) is 56.2 Å². The van der Waals surface area contributed by atoms with E-state index in [4.69, 9.17) is 9.72 Å². The van der Waals surface area contributed by atoms with Gasteiger partial charge in [0.1, 0.15) is 11.9 Å². The summed E-state index contributed by atoms with van der Waals surface area (Å²) < 4.78 is 7.12. The van der Waals surface area contributed by atoms with Crippen LogP contribution in [-0.2, 0) is 16.1 Å². The summed E-state index contributed by atoms with van der Waals surface area (Å²) in [5, 5.41) is 3.26. The van der Waals surface area contributed by atoms with Crippen molar-refractivity contribution in [3.8, 4) is 0 Å². The number of carbonyl (C=O) groups excluding carboxylic acids is 1. The molecule has 3 rings (SSSR count). The lowest BCUT2D eigenvalue weighted by Gasteiger charge is -2.15. The van der Waals surface area contributed by atoms with Crippen LogP contribution >= 0.6 is 0 Å². The van der Waals surface area contributed by atoms with Crippen molar-refractivity contribution in [1.29, 1.82) is 0 Å². The van der Waals surface area contributed by atoms with Crippen molar-refractivity contribution in [1.82, 2.24) is 14.9 Å². The molecule has 5 nitrogen and oxygen atoms in total. The summed E-state index contributed by atoms with van der Waals surface area (Å²) in [5.74, 6) is 0.785. The number of rotatable bonds is 6. The highest BCUT2D eigenvalue weighted by atomic mass is 16.5. The van der Waals surface area contributed by atoms with E-state index in [9.17, 15) is 4.79 Å². The summed E-state index contributed by atoms with van der Waals surface area (Å²) in [6.45, 7) is 2.55. The number of hydrogen-bond acceptors (Lipinski definition) is 4. The Morgan fingerprint density at radius 1 is 1.48 bits per heavy atom. The Bertz CT molecular complexity index is 646. The molecular weight excluding hydrogens is 266 g/mol. The molecule has 0 aliphatic heterocycles. The molecule has 21 heavy (non-hydrogen) atoms. The Kier molecular flexibility index (Phi) is 3.92. The Hall–Kier alpha value is -1.88. The molecule has 0 saturated heterocycles. The number of esters is 1. The lowest BCUT2D eigenvalue weighted by Crippen LogP contribution is -2.37. The molecule has 0 amide bonds. The zero-order valence-electron chi connectivity index (χ0n) is 12.5. The van der Waals surface area contributed by atoms with Crippen molar-refractivity contribution in [2.45, 2.75) is 44.8 Å². The molecule has 1 unspecified atom stereocenters. The number of fused-ring (bicyclic) bond motifs is 1. The van der Waals surface area contributed by atoms with E-state index in [2.05, 4.69) is 16.0 Å². The minimum atomic E-state index is -0.275. The molecule has 2 aromatic rings. The molecule has 1 aliphatic carbocycles. The van der Waals surface area contributed by atoms with Gasteiger partial charge in [-0.25, -0.2) is 4.98 Å². The van der Waals surface area contributed by atoms with E-state index in [0.717, 1.165) is 11.3 Å². The SMILES string of the molecule is CCC(NCc1nc2ccccc2n1C1CC1)C(=O)OC. The van der Waals surface area contributed by atoms with Gasteiger partial charge in [0.15, 0.2) is 0 Å². The van der Waals surface area contributed by atoms with E-state index in [1.165, 1.54) is 25.5 Å². The molecule has 1 aromatic heterocycles. The van der Waals surface area contributed by atoms with Crippen molar-refractivity contribution in [3.05, 3.63) is 30.1 Å². The van der Waals surface area contributed by atoms with Gasteiger partial charge in [0.05, 0.1) is 24.7 Å². The number of hydrogen-bond donors (Lipinski definition) is 1. The number of aromatic nitrogens is 2. The first-order valence-corrected chi connectivity index (χ1v) is 7.51. The number of imidazole rings is 1. The maximum Gasteiger partial charge on any atom is 0.322 e. The zero-order valence-corrected chi connectivity index (χ0v) is 12.5. The summed E-state index contributed by atoms with van der Waals surface area (Å²) in [6, 6.07) is 8.49. The summed E-state index contributed by atoms with van der Waals surface area (Å²) in [4.78, 5) is 16.4. The molecule has 0 bridgehead atoms. The van der Waals surface area contributed by atoms with Crippen LogP contribution in [0.25, 0.3) is 11.0 Å². The van der Waals surface area contributed by atoms with E-state index >= 15 is 0 Å². The van der Waals surface area contributed by atoms with Gasteiger partial charge in [0.25, 0.3) is 0 Å². The van der Waals surface area contributed by atoms with Crippen LogP contribution in [0.2, 0.25) is 0 Å². The number of carbonyl (C=O) groups is 1. The number of nitrogens with zero attached hydrogens (tertiary/aromatic N) is 2. The fraction of sp³-hybridized carbons (Fsp3) is 0.500. The predicted octanol–water partition coefficient (Wildman–Crippen LogP) is 2.41. The van der Waals surface area contributed by atoms with Gasteiger partial charge in [-0.3, -0.25) is 10.1 Å². The maximum absolute atomic E-state index is 11.7. The summed E-state index contributed by atoms with van der Waals surface area (Å²) in [7, 11) is 1.42. The molecule has 1 fully saturated rings. The second-order valence-corrected chi connectivity index (χ2v) is 5.48. The van der Waals surface area contributed by atoms with Gasteiger partial charge in [-0.05, 0) is 31.4 Å². The van der Waals surface area contributed by atoms with Crippen LogP contribution in [0.4, 0.5) is 0 Å². The summed E-state index contributed by atoms with van der Waals surface area (Å²) in [6.07, 6.45) is 3.12. The highest BCUT2D eigenvalue weighted by Crippen LogP contribution is 2.38. The number of ether oxygens (including phenoxy) is 1. The van der Waals surface area contributed by atoms with Gasteiger partial charge in [-0.2, -0.15) is 0 Å². The molecule has 1 atom stereocenters. The van der Waals surface area contributed by atoms with Crippen molar-refractivity contribution in [3.63, 3.8) is 0 Å². The normalized spacial score (nSPS) is 16.1. The Balaban J connectivity index is 1.83. The summed E-state index contributed by atoms with van der Waals surface area (Å²) >= 11 is 0. The molecule has 112 valence electrons. The standard InChI is InChI=1S/C16H21N3O2/c1-3-12(16(20)21-2)17-10-15-18-13-6-4-5-7-14(13)19(15)11-8-9-11/h4-7,11-12,17H,3,8-10H2,1-2H3. The monoisotopic (exact) mass is 287 g/mol. The number of para-hydroxylation sites is 2. The van der Waals surface area contributed by atoms with Gasteiger partial charge < -0.3 is 9.30 Å². The molecule has 1 aliphatic rings. The van der Waals surface area contributed by atoms with Crippen LogP contribution < -0.4 is 5.32 Å². The van der Waals surface area contributed by atoms with E-state index in [1.54, 1.807) is 0 Å². The van der Waals surface area contributed by atoms with Crippen LogP contribution in [0.5, 0.6) is 0 Å². The second kappa shape index (κ2) is 5.85. The molecule has 0 radical (unpaired) electrons. The van der Waals surface area contributed by atoms with Gasteiger partial charge in [-0.15, -0.1) is 0 Å². The molecular formula is C16H21N3O2. The highest BCUT2D eigenvalue weighted by molar-refractivity contribution is 5.77. The van der Waals surface area contributed by atoms with Crippen LogP contribution in [0.3, 0.4) is 0 Å². The third-order valence-corrected chi connectivity index (χ3v) is 3.98. The van der Waals surface area contributed by atoms with Crippen LogP contribution in [0.15, 0.2) is 24.3 Å². The van der Waals surface area contributed by atoms with Gasteiger partial charge >= 0.3 is 5.97 Å². The maximum atomic E-state index is 11.7. The average molecular weight is 287 g/mol. The average Bonchev–Trinajstić information content (AvgIpc) is 3.28. The quantitative estimate of drug-likeness (QED) is 0.829. The lowest BCUT2D eigenvalue weighted by molar-refractivity contribution is -0.143. The van der Waals surface area contributed by atoms with Gasteiger partial charge in [-0.1, -0.05) is 19.1 Å². The fourth-order valence-corrected chi connectivity index (χ4v) is 2.71. The Morgan fingerprint density at radius 2 is 2.24 bits per heavy atom. The molecule has 1 aromatic carbocycles. The van der Waals surface area contributed by atoms with E-state index in [1.807, 2.05) is 25.1 Å². The molecule has 1 N–H and O–H groups in total. The van der Waals surface area contributed by atoms with Crippen molar-refractivity contribution in [2.24, 2.45) is 0 Å². The number of benzene rings is 1. The fourth-order valence-electron chi connectivity index (χ4n) is 2.71. The van der Waals surface area contributed by atoms with Crippen LogP contribution in [-0.4, -0.2) is 28.7 Å². The highest BCUT2D eigenvalue weighted by Gasteiger charge is 2.28. The molecule has 0 spiro atoms. The number of methoxy groups -OCH3 is 1. The third kappa shape index (κ3) is 2.78. The van der Waals surface area contributed by atoms with Crippen molar-refractivity contribution < 1.29 is 9.53 Å². The van der Waals surface area contributed by atoms with E-state index < -0.39 is 0 Å². The second-order valence-electron chi connectivity index (χ2n) is 5.48. The predicted molar refractivity (Wildman–Crippen MR) is 80.9 cm³/mol. The van der Waals surface area contributed by atoms with Gasteiger partial charge in [0, 0.05) is 6.04 Å². The zero-order chi connectivity index (χ0) is 14.8. The Labute approximate surface area is 124 Å². The van der Waals surface area contributed by atoms with E-state index in [0.29, 0.717) is 19.0 Å². The van der Waals surface area contributed by atoms with Crippen molar-refractivity contribution >= 4 is 17.0 Å². The van der Waals surface area contributed by atoms with Gasteiger partial charge in [0.2, 0.25) is 0 Å². The lowest BCUT2D eigenvalue weighted by atomic mass is 10.2. The van der Waals surface area contributed by atoms with Crippen LogP contribution in [0.1, 0.15) is 38.1 Å². The molecule has 1 saturated carbocycles. The van der Waals surface area contributed by atoms with E-state index in [-0.39, 0.29) is 12.0 Å². The largest absolute Gasteiger partial charge is 0.468 e. The Morgan fingerprint density at radius 3 is 2.90 bits per heavy atom. The smallest absolute Gasteiger partial charge is 0.322 e. The third-order valence-electron chi connectivity index (χ3n) is 3.98. The number of nitrogens with one attached hydrogen (secondary N) is 1. The molecule has 1 heterocycles. The first kappa shape index (κ1) is 14.1. The molecule has 5 heteroatoms. The minimum absolute atomic E-state index is 0.216. The minimum Gasteiger partial charge on any atom is -0.468 e. The summed E-state index contributed by atoms with van der Waals surface area (Å²) in [5.41, 5.74) is 2.20. The van der Waals surface area contributed by atoms with Crippen molar-refractivity contribution in [2.75, 3.05) is 7.11 Å². The first-order chi connectivity index (χ1) is 10.2.